The Morgan fingerprint density at radius 1 is 1.19 bits per heavy atom. The summed E-state index contributed by atoms with van der Waals surface area (Å²) in [6.45, 7) is 0. The zero-order chi connectivity index (χ0) is 22.3. The van der Waals surface area contributed by atoms with Crippen LogP contribution >= 0.6 is 11.6 Å². The summed E-state index contributed by atoms with van der Waals surface area (Å²) in [4.78, 5) is 4.25. The Balaban J connectivity index is 2.00. The number of hydrogen-bond donors (Lipinski definition) is 3. The van der Waals surface area contributed by atoms with Crippen LogP contribution in [0.2, 0.25) is 5.02 Å². The van der Waals surface area contributed by atoms with Crippen LogP contribution in [0.15, 0.2) is 48.3 Å². The summed E-state index contributed by atoms with van der Waals surface area (Å²) in [5.41, 5.74) is 3.86. The van der Waals surface area contributed by atoms with E-state index in [0.717, 1.165) is 6.07 Å². The quantitative estimate of drug-likeness (QED) is 0.280. The Morgan fingerprint density at radius 3 is 2.65 bits per heavy atom. The molecule has 31 heavy (non-hydrogen) atoms. The van der Waals surface area contributed by atoms with Gasteiger partial charge in [-0.1, -0.05) is 11.6 Å². The molecule has 2 aromatic carbocycles. The van der Waals surface area contributed by atoms with Crippen molar-refractivity contribution in [1.82, 2.24) is 15.2 Å². The van der Waals surface area contributed by atoms with E-state index in [0.29, 0.717) is 22.5 Å². The largest absolute Gasteiger partial charge is 0.456 e. The second kappa shape index (κ2) is 7.55. The molecule has 2 heterocycles. The van der Waals surface area contributed by atoms with E-state index in [4.69, 9.17) is 27.5 Å². The number of alkyl halides is 3. The van der Waals surface area contributed by atoms with Gasteiger partial charge in [0.15, 0.2) is 0 Å². The Morgan fingerprint density at radius 2 is 1.97 bits per heavy atom. The van der Waals surface area contributed by atoms with Crippen molar-refractivity contribution >= 4 is 45.2 Å². The van der Waals surface area contributed by atoms with E-state index in [1.807, 2.05) is 0 Å². The maximum absolute atomic E-state index is 13.5. The van der Waals surface area contributed by atoms with Gasteiger partial charge in [-0.2, -0.15) is 18.3 Å². The number of halogens is 5. The minimum Gasteiger partial charge on any atom is -0.456 e. The van der Waals surface area contributed by atoms with Gasteiger partial charge >= 0.3 is 6.18 Å². The van der Waals surface area contributed by atoms with E-state index >= 15 is 0 Å². The van der Waals surface area contributed by atoms with E-state index in [-0.39, 0.29) is 27.7 Å². The molecule has 0 aliphatic rings. The molecule has 0 radical (unpaired) electrons. The molecule has 0 amide bonds. The number of nitrogens with one attached hydrogen (secondary N) is 2. The lowest BCUT2D eigenvalue weighted by Gasteiger charge is -2.15. The number of pyridine rings is 1. The summed E-state index contributed by atoms with van der Waals surface area (Å²) in [6.07, 6.45) is -2.86. The lowest BCUT2D eigenvalue weighted by Crippen LogP contribution is -2.22. The fourth-order valence-corrected chi connectivity index (χ4v) is 3.22. The van der Waals surface area contributed by atoms with Gasteiger partial charge in [-0.05, 0) is 24.3 Å². The number of rotatable bonds is 4. The zero-order valence-corrected chi connectivity index (χ0v) is 16.1. The summed E-state index contributed by atoms with van der Waals surface area (Å²) in [5, 5.41) is 15.1. The molecule has 4 rings (SSSR count). The van der Waals surface area contributed by atoms with Crippen molar-refractivity contribution in [3.63, 3.8) is 0 Å². The number of nitrogens with two attached hydrogens (primary N) is 1. The number of H-pyrrole nitrogens is 1. The normalized spacial score (nSPS) is 12.8. The second-order valence-corrected chi connectivity index (χ2v) is 6.85. The molecule has 4 N–H and O–H groups in total. The third-order valence-electron chi connectivity index (χ3n) is 4.49. The molecule has 0 bridgehead atoms. The van der Waals surface area contributed by atoms with Crippen LogP contribution in [0, 0.1) is 11.2 Å². The topological polar surface area (TPSA) is 101 Å². The molecule has 0 aliphatic heterocycles. The summed E-state index contributed by atoms with van der Waals surface area (Å²) in [7, 11) is 0. The van der Waals surface area contributed by atoms with Crippen LogP contribution in [0.5, 0.6) is 11.5 Å². The number of benzene rings is 2. The molecular formula is C20H12ClF4N5O. The average Bonchev–Trinajstić information content (AvgIpc) is 3.19. The molecule has 0 fully saturated rings. The second-order valence-electron chi connectivity index (χ2n) is 6.44. The third-order valence-corrected chi connectivity index (χ3v) is 4.78. The summed E-state index contributed by atoms with van der Waals surface area (Å²) >= 11 is 5.81. The molecule has 6 nitrogen and oxygen atoms in total. The van der Waals surface area contributed by atoms with Crippen molar-refractivity contribution in [3.05, 3.63) is 64.8 Å². The molecule has 0 saturated heterocycles. The van der Waals surface area contributed by atoms with Crippen molar-refractivity contribution in [3.8, 4) is 11.5 Å². The van der Waals surface area contributed by atoms with Crippen molar-refractivity contribution in [1.29, 1.82) is 5.41 Å². The first-order valence-corrected chi connectivity index (χ1v) is 9.04. The van der Waals surface area contributed by atoms with E-state index < -0.39 is 23.3 Å². The van der Waals surface area contributed by atoms with Crippen LogP contribution in [0.25, 0.3) is 27.4 Å². The third kappa shape index (κ3) is 3.77. The molecule has 4 aromatic rings. The number of nitrogens with zero attached hydrogens (tertiary/aromatic N) is 2. The van der Waals surface area contributed by atoms with Crippen molar-refractivity contribution in [2.45, 2.75) is 6.18 Å². The molecule has 0 aliphatic carbocycles. The van der Waals surface area contributed by atoms with Gasteiger partial charge < -0.3 is 15.9 Å². The lowest BCUT2D eigenvalue weighted by atomic mass is 10.1. The van der Waals surface area contributed by atoms with Gasteiger partial charge in [-0.3, -0.25) is 5.10 Å². The smallest absolute Gasteiger partial charge is 0.431 e. The van der Waals surface area contributed by atoms with Gasteiger partial charge in [-0.15, -0.1) is 0 Å². The SMILES string of the molecule is N=CC(=C(N)C(F)(F)F)c1cc(Oc2ccc(F)c(Cl)c2)c2c(ccc3[nH]ncc32)n1. The summed E-state index contributed by atoms with van der Waals surface area (Å²) in [6, 6.07) is 8.09. The maximum Gasteiger partial charge on any atom is 0.431 e. The highest BCUT2D eigenvalue weighted by Crippen LogP contribution is 2.38. The number of fused-ring (bicyclic) bond motifs is 3. The zero-order valence-electron chi connectivity index (χ0n) is 15.4. The molecule has 11 heteroatoms. The Bertz CT molecular complexity index is 1360. The molecule has 0 atom stereocenters. The van der Waals surface area contributed by atoms with Crippen LogP contribution in [0.1, 0.15) is 5.69 Å². The van der Waals surface area contributed by atoms with Crippen molar-refractivity contribution in [2.24, 2.45) is 5.73 Å². The Hall–Kier alpha value is -3.66. The minimum atomic E-state index is -4.86. The van der Waals surface area contributed by atoms with Crippen LogP contribution in [0.3, 0.4) is 0 Å². The number of allylic oxidation sites excluding steroid dienone is 2. The van der Waals surface area contributed by atoms with Crippen LogP contribution < -0.4 is 10.5 Å². The monoisotopic (exact) mass is 449 g/mol. The van der Waals surface area contributed by atoms with E-state index in [2.05, 4.69) is 15.2 Å². The Labute approximate surface area is 176 Å². The number of ether oxygens (including phenoxy) is 1. The maximum atomic E-state index is 13.5. The van der Waals surface area contributed by atoms with Crippen LogP contribution in [0.4, 0.5) is 17.6 Å². The fourth-order valence-electron chi connectivity index (χ4n) is 3.04. The van der Waals surface area contributed by atoms with Crippen molar-refractivity contribution in [2.75, 3.05) is 0 Å². The van der Waals surface area contributed by atoms with E-state index in [1.54, 1.807) is 12.1 Å². The number of hydrogen-bond acceptors (Lipinski definition) is 5. The predicted molar refractivity (Wildman–Crippen MR) is 109 cm³/mol. The van der Waals surface area contributed by atoms with Gasteiger partial charge in [0.2, 0.25) is 0 Å². The highest BCUT2D eigenvalue weighted by molar-refractivity contribution is 6.30. The molecule has 0 unspecified atom stereocenters. The standard InChI is InChI=1S/C20H12ClF4N5O/c21-12-5-9(1-2-13(12)22)31-17-6-16(10(7-26)19(27)20(23,24)25)29-15-4-3-14-11(18(15)17)8-28-30-14/h1-8,26H,27H2,(H,28,30). The highest BCUT2D eigenvalue weighted by atomic mass is 35.5. The highest BCUT2D eigenvalue weighted by Gasteiger charge is 2.34. The van der Waals surface area contributed by atoms with Crippen LogP contribution in [-0.2, 0) is 0 Å². The first kappa shape index (κ1) is 20.6. The first-order chi connectivity index (χ1) is 14.7. The van der Waals surface area contributed by atoms with Gasteiger partial charge in [0.05, 0.1) is 33.3 Å². The summed E-state index contributed by atoms with van der Waals surface area (Å²) < 4.78 is 58.9. The minimum absolute atomic E-state index is 0.101. The average molecular weight is 450 g/mol. The molecule has 2 aromatic heterocycles. The van der Waals surface area contributed by atoms with Gasteiger partial charge in [0.25, 0.3) is 0 Å². The molecule has 158 valence electrons. The van der Waals surface area contributed by atoms with E-state index in [9.17, 15) is 17.6 Å². The predicted octanol–water partition coefficient (Wildman–Crippen LogP) is 5.58. The molecule has 0 spiro atoms. The number of aromatic nitrogens is 3. The Kier molecular flexibility index (Phi) is 5.02. The molecular weight excluding hydrogens is 438 g/mol. The van der Waals surface area contributed by atoms with Gasteiger partial charge in [0, 0.05) is 29.3 Å². The van der Waals surface area contributed by atoms with Crippen molar-refractivity contribution < 1.29 is 22.3 Å². The number of aromatic amines is 1. The van der Waals surface area contributed by atoms with Gasteiger partial charge in [-0.25, -0.2) is 9.37 Å². The first-order valence-electron chi connectivity index (χ1n) is 8.66. The van der Waals surface area contributed by atoms with Crippen LogP contribution in [-0.4, -0.2) is 27.6 Å². The summed E-state index contributed by atoms with van der Waals surface area (Å²) in [5.74, 6) is -0.406. The van der Waals surface area contributed by atoms with Gasteiger partial charge in [0.1, 0.15) is 23.0 Å². The molecule has 0 saturated carbocycles. The van der Waals surface area contributed by atoms with E-state index in [1.165, 1.54) is 24.4 Å². The fraction of sp³-hybridized carbons (Fsp3) is 0.0500. The lowest BCUT2D eigenvalue weighted by molar-refractivity contribution is -0.0919.